The molecule has 0 unspecified atom stereocenters. The van der Waals surface area contributed by atoms with Crippen LogP contribution in [0, 0.1) is 5.82 Å². The fourth-order valence-corrected chi connectivity index (χ4v) is 1.88. The smallest absolute Gasteiger partial charge is 0.328 e. The molecule has 0 spiro atoms. The molecule has 1 aromatic rings. The van der Waals surface area contributed by atoms with Crippen molar-refractivity contribution in [3.63, 3.8) is 0 Å². The van der Waals surface area contributed by atoms with Crippen molar-refractivity contribution >= 4 is 12.0 Å². The molecule has 4 nitrogen and oxygen atoms in total. The van der Waals surface area contributed by atoms with Gasteiger partial charge in [-0.15, -0.1) is 0 Å². The van der Waals surface area contributed by atoms with Gasteiger partial charge in [0.25, 0.3) is 0 Å². The summed E-state index contributed by atoms with van der Waals surface area (Å²) in [5.74, 6) is -1.54. The minimum absolute atomic E-state index is 0.145. The zero-order valence-corrected chi connectivity index (χ0v) is 11.6. The number of aliphatic hydroxyl groups is 1. The molecule has 0 saturated heterocycles. The number of halogens is 1. The van der Waals surface area contributed by atoms with Crippen LogP contribution in [0.1, 0.15) is 24.5 Å². The predicted octanol–water partition coefficient (Wildman–Crippen LogP) is 2.13. The van der Waals surface area contributed by atoms with Gasteiger partial charge in [0.05, 0.1) is 0 Å². The second kappa shape index (κ2) is 8.45. The number of carboxylic acid groups (broad SMARTS) is 1. The van der Waals surface area contributed by atoms with Gasteiger partial charge in [-0.2, -0.15) is 0 Å². The lowest BCUT2D eigenvalue weighted by molar-refractivity contribution is -0.131. The van der Waals surface area contributed by atoms with Crippen LogP contribution in [0.15, 0.2) is 24.3 Å². The maximum atomic E-state index is 13.6. The van der Waals surface area contributed by atoms with Gasteiger partial charge in [-0.3, -0.25) is 4.90 Å². The Morgan fingerprint density at radius 1 is 1.45 bits per heavy atom. The van der Waals surface area contributed by atoms with Crippen LogP contribution < -0.4 is 0 Å². The molecule has 0 aliphatic carbocycles. The molecule has 20 heavy (non-hydrogen) atoms. The van der Waals surface area contributed by atoms with Crippen LogP contribution in [-0.4, -0.2) is 40.8 Å². The lowest BCUT2D eigenvalue weighted by Gasteiger charge is -2.20. The Morgan fingerprint density at radius 3 is 2.80 bits per heavy atom. The molecule has 1 rings (SSSR count). The first-order valence-corrected chi connectivity index (χ1v) is 6.59. The minimum atomic E-state index is -1.10. The van der Waals surface area contributed by atoms with Crippen LogP contribution in [0.25, 0.3) is 6.08 Å². The Labute approximate surface area is 118 Å². The summed E-state index contributed by atoms with van der Waals surface area (Å²) in [6, 6.07) is 4.68. The summed E-state index contributed by atoms with van der Waals surface area (Å²) < 4.78 is 13.6. The topological polar surface area (TPSA) is 60.8 Å². The maximum Gasteiger partial charge on any atom is 0.328 e. The first-order chi connectivity index (χ1) is 9.56. The van der Waals surface area contributed by atoms with E-state index in [1.807, 2.05) is 6.92 Å². The highest BCUT2D eigenvalue weighted by Crippen LogP contribution is 2.14. The van der Waals surface area contributed by atoms with E-state index in [-0.39, 0.29) is 12.2 Å². The van der Waals surface area contributed by atoms with E-state index >= 15 is 0 Å². The third-order valence-electron chi connectivity index (χ3n) is 2.95. The highest BCUT2D eigenvalue weighted by Gasteiger charge is 2.06. The molecular weight excluding hydrogens is 261 g/mol. The van der Waals surface area contributed by atoms with Crippen molar-refractivity contribution in [2.24, 2.45) is 0 Å². The van der Waals surface area contributed by atoms with Crippen LogP contribution in [0.4, 0.5) is 4.39 Å². The molecule has 0 fully saturated rings. The fraction of sp³-hybridized carbons (Fsp3) is 0.400. The van der Waals surface area contributed by atoms with Crippen molar-refractivity contribution in [3.05, 3.63) is 41.2 Å². The molecule has 5 heteroatoms. The average Bonchev–Trinajstić information content (AvgIpc) is 2.43. The van der Waals surface area contributed by atoms with E-state index in [0.29, 0.717) is 13.0 Å². The monoisotopic (exact) mass is 281 g/mol. The number of hydrogen-bond donors (Lipinski definition) is 2. The largest absolute Gasteiger partial charge is 0.478 e. The lowest BCUT2D eigenvalue weighted by atomic mass is 10.1. The predicted molar refractivity (Wildman–Crippen MR) is 75.7 cm³/mol. The van der Waals surface area contributed by atoms with Crippen molar-refractivity contribution in [1.82, 2.24) is 4.90 Å². The van der Waals surface area contributed by atoms with Crippen molar-refractivity contribution in [3.8, 4) is 0 Å². The Bertz CT molecular complexity index is 474. The number of aliphatic carboxylic acids is 1. The Kier molecular flexibility index (Phi) is 6.90. The molecule has 110 valence electrons. The first-order valence-electron chi connectivity index (χ1n) is 6.59. The molecule has 0 radical (unpaired) electrons. The number of hydrogen-bond acceptors (Lipinski definition) is 3. The number of benzene rings is 1. The van der Waals surface area contributed by atoms with Gasteiger partial charge in [0.1, 0.15) is 5.82 Å². The summed E-state index contributed by atoms with van der Waals surface area (Å²) in [6.07, 6.45) is 2.87. The third-order valence-corrected chi connectivity index (χ3v) is 2.95. The highest BCUT2D eigenvalue weighted by atomic mass is 19.1. The van der Waals surface area contributed by atoms with E-state index in [1.165, 1.54) is 12.1 Å². The van der Waals surface area contributed by atoms with E-state index in [2.05, 4.69) is 4.90 Å². The van der Waals surface area contributed by atoms with Crippen LogP contribution in [-0.2, 0) is 11.3 Å². The van der Waals surface area contributed by atoms with Crippen LogP contribution in [0.3, 0.4) is 0 Å². The van der Waals surface area contributed by atoms with Gasteiger partial charge in [0, 0.05) is 31.3 Å². The van der Waals surface area contributed by atoms with Gasteiger partial charge >= 0.3 is 5.97 Å². The second-order valence-electron chi connectivity index (χ2n) is 4.47. The standard InChI is InChI=1S/C15H20FNO3/c1-2-17(8-3-9-18)11-12-4-6-14(16)13(10-12)5-7-15(19)20/h4-7,10,18H,2-3,8-9,11H2,1H3,(H,19,20)/b7-5+. The van der Waals surface area contributed by atoms with Crippen molar-refractivity contribution in [2.75, 3.05) is 19.7 Å². The molecular formula is C15H20FNO3. The highest BCUT2D eigenvalue weighted by molar-refractivity contribution is 5.85. The van der Waals surface area contributed by atoms with E-state index in [9.17, 15) is 9.18 Å². The Hall–Kier alpha value is -1.72. The Morgan fingerprint density at radius 2 is 2.20 bits per heavy atom. The molecule has 0 aliphatic heterocycles. The molecule has 0 atom stereocenters. The van der Waals surface area contributed by atoms with Crippen molar-refractivity contribution in [1.29, 1.82) is 0 Å². The quantitative estimate of drug-likeness (QED) is 0.717. The zero-order valence-electron chi connectivity index (χ0n) is 11.6. The summed E-state index contributed by atoms with van der Waals surface area (Å²) >= 11 is 0. The zero-order chi connectivity index (χ0) is 15.0. The van der Waals surface area contributed by atoms with Crippen molar-refractivity contribution < 1.29 is 19.4 Å². The lowest BCUT2D eigenvalue weighted by Crippen LogP contribution is -2.24. The number of aliphatic hydroxyl groups excluding tert-OH is 1. The van der Waals surface area contributed by atoms with Gasteiger partial charge in [-0.05, 0) is 36.7 Å². The first kappa shape index (κ1) is 16.3. The van der Waals surface area contributed by atoms with E-state index in [1.54, 1.807) is 12.1 Å². The number of nitrogens with zero attached hydrogens (tertiary/aromatic N) is 1. The SMILES string of the molecule is CCN(CCCO)Cc1ccc(F)c(/C=C/C(=O)O)c1. The molecule has 0 aromatic heterocycles. The fourth-order valence-electron chi connectivity index (χ4n) is 1.88. The third kappa shape index (κ3) is 5.50. The Balaban J connectivity index is 2.80. The van der Waals surface area contributed by atoms with Gasteiger partial charge < -0.3 is 10.2 Å². The van der Waals surface area contributed by atoms with E-state index < -0.39 is 11.8 Å². The van der Waals surface area contributed by atoms with Crippen LogP contribution in [0.5, 0.6) is 0 Å². The summed E-state index contributed by atoms with van der Waals surface area (Å²) in [4.78, 5) is 12.6. The number of carboxylic acids is 1. The van der Waals surface area contributed by atoms with Crippen LogP contribution >= 0.6 is 0 Å². The molecule has 2 N–H and O–H groups in total. The van der Waals surface area contributed by atoms with Gasteiger partial charge in [-0.25, -0.2) is 9.18 Å². The maximum absolute atomic E-state index is 13.6. The normalized spacial score (nSPS) is 11.4. The molecule has 0 aliphatic rings. The van der Waals surface area contributed by atoms with E-state index in [4.69, 9.17) is 10.2 Å². The average molecular weight is 281 g/mol. The van der Waals surface area contributed by atoms with Gasteiger partial charge in [-0.1, -0.05) is 13.0 Å². The summed E-state index contributed by atoms with van der Waals surface area (Å²) in [5, 5.41) is 17.4. The van der Waals surface area contributed by atoms with Gasteiger partial charge in [0.2, 0.25) is 0 Å². The molecule has 1 aromatic carbocycles. The van der Waals surface area contributed by atoms with E-state index in [0.717, 1.165) is 24.7 Å². The number of carbonyl (C=O) groups is 1. The second-order valence-corrected chi connectivity index (χ2v) is 4.47. The molecule has 0 bridgehead atoms. The molecule has 0 amide bonds. The number of rotatable bonds is 8. The molecule has 0 saturated carbocycles. The van der Waals surface area contributed by atoms with Crippen molar-refractivity contribution in [2.45, 2.75) is 19.9 Å². The summed E-state index contributed by atoms with van der Waals surface area (Å²) in [6.45, 7) is 4.41. The summed E-state index contributed by atoms with van der Waals surface area (Å²) in [7, 11) is 0. The van der Waals surface area contributed by atoms with Crippen LogP contribution in [0.2, 0.25) is 0 Å². The minimum Gasteiger partial charge on any atom is -0.478 e. The van der Waals surface area contributed by atoms with Gasteiger partial charge in [0.15, 0.2) is 0 Å². The molecule has 0 heterocycles. The summed E-state index contributed by atoms with van der Waals surface area (Å²) in [5.41, 5.74) is 1.18.